The molecule has 0 aromatic heterocycles. The molecule has 170 valence electrons. The third-order valence-electron chi connectivity index (χ3n) is 5.20. The summed E-state index contributed by atoms with van der Waals surface area (Å²) in [6, 6.07) is 8.59. The van der Waals surface area contributed by atoms with E-state index >= 15 is 0 Å². The van der Waals surface area contributed by atoms with Crippen molar-refractivity contribution in [1.29, 1.82) is 0 Å². The number of piperidine rings is 1. The number of nitrogens with zero attached hydrogens (tertiary/aromatic N) is 1. The molecule has 8 heteroatoms. The van der Waals surface area contributed by atoms with E-state index in [1.54, 1.807) is 30.3 Å². The third kappa shape index (κ3) is 5.73. The Morgan fingerprint density at radius 2 is 1.94 bits per heavy atom. The number of nitrogens with one attached hydrogen (secondary N) is 1. The van der Waals surface area contributed by atoms with Gasteiger partial charge < -0.3 is 25.4 Å². The average molecular weight is 458 g/mol. The van der Waals surface area contributed by atoms with E-state index in [0.717, 1.165) is 31.6 Å². The number of primary amides is 1. The van der Waals surface area contributed by atoms with E-state index in [0.29, 0.717) is 39.9 Å². The Hall–Kier alpha value is -3.19. The minimum absolute atomic E-state index is 0.339. The molecular weight excluding hydrogens is 430 g/mol. The normalized spacial score (nSPS) is 13.8. The Kier molecular flexibility index (Phi) is 8.00. The maximum absolute atomic E-state index is 12.7. The summed E-state index contributed by atoms with van der Waals surface area (Å²) in [5.74, 6) is 0.0693. The molecule has 0 aliphatic carbocycles. The van der Waals surface area contributed by atoms with Gasteiger partial charge in [0.15, 0.2) is 11.5 Å². The van der Waals surface area contributed by atoms with Crippen LogP contribution in [0.3, 0.4) is 0 Å². The highest BCUT2D eigenvalue weighted by Gasteiger charge is 2.17. The number of carbonyl (C=O) groups is 2. The second-order valence-corrected chi connectivity index (χ2v) is 7.84. The van der Waals surface area contributed by atoms with Crippen molar-refractivity contribution in [3.05, 3.63) is 52.6 Å². The lowest BCUT2D eigenvalue weighted by atomic mass is 10.1. The molecule has 0 atom stereocenters. The van der Waals surface area contributed by atoms with Gasteiger partial charge in [0.25, 0.3) is 0 Å². The standard InChI is InChI=1S/C24H28ClN3O4/c1-3-32-23-18(25)13-16(14-21(23)31-2)7-10-22(29)27-19-15-17(24(26)30)8-9-20(19)28-11-5-4-6-12-28/h7-10,13-15H,3-6,11-12H2,1-2H3,(H2,26,30)(H,27,29). The summed E-state index contributed by atoms with van der Waals surface area (Å²) in [5, 5.41) is 3.28. The van der Waals surface area contributed by atoms with E-state index in [-0.39, 0.29) is 5.91 Å². The number of hydrogen-bond acceptors (Lipinski definition) is 5. The second kappa shape index (κ2) is 10.9. The lowest BCUT2D eigenvalue weighted by molar-refractivity contribution is -0.111. The number of rotatable bonds is 8. The van der Waals surface area contributed by atoms with Crippen molar-refractivity contribution in [3.8, 4) is 11.5 Å². The predicted octanol–water partition coefficient (Wildman–Crippen LogP) is 4.49. The van der Waals surface area contributed by atoms with E-state index in [1.165, 1.54) is 19.6 Å². The average Bonchev–Trinajstić information content (AvgIpc) is 2.79. The number of anilines is 2. The van der Waals surface area contributed by atoms with Gasteiger partial charge in [-0.2, -0.15) is 0 Å². The molecule has 1 saturated heterocycles. The number of methoxy groups -OCH3 is 1. The van der Waals surface area contributed by atoms with Crippen LogP contribution in [-0.2, 0) is 4.79 Å². The van der Waals surface area contributed by atoms with Gasteiger partial charge in [0.05, 0.1) is 30.1 Å². The molecule has 2 aromatic carbocycles. The molecule has 0 saturated carbocycles. The first kappa shape index (κ1) is 23.5. The summed E-state index contributed by atoms with van der Waals surface area (Å²) in [6.07, 6.45) is 6.41. The number of carbonyl (C=O) groups excluding carboxylic acids is 2. The Balaban J connectivity index is 1.82. The van der Waals surface area contributed by atoms with E-state index in [1.807, 2.05) is 13.0 Å². The molecule has 3 N–H and O–H groups in total. The number of nitrogens with two attached hydrogens (primary N) is 1. The van der Waals surface area contributed by atoms with Crippen LogP contribution in [0.15, 0.2) is 36.4 Å². The molecule has 3 rings (SSSR count). The molecule has 1 fully saturated rings. The molecule has 1 aliphatic rings. The van der Waals surface area contributed by atoms with Crippen molar-refractivity contribution >= 4 is 40.9 Å². The van der Waals surface area contributed by atoms with Crippen LogP contribution in [0.4, 0.5) is 11.4 Å². The fraction of sp³-hybridized carbons (Fsp3) is 0.333. The fourth-order valence-electron chi connectivity index (χ4n) is 3.67. The molecule has 1 heterocycles. The third-order valence-corrected chi connectivity index (χ3v) is 5.48. The van der Waals surface area contributed by atoms with Gasteiger partial charge in [0, 0.05) is 24.7 Å². The number of amides is 2. The summed E-state index contributed by atoms with van der Waals surface area (Å²) < 4.78 is 10.9. The molecule has 0 bridgehead atoms. The van der Waals surface area contributed by atoms with Crippen LogP contribution < -0.4 is 25.4 Å². The number of halogens is 1. The molecule has 1 aliphatic heterocycles. The highest BCUT2D eigenvalue weighted by Crippen LogP contribution is 2.37. The van der Waals surface area contributed by atoms with Gasteiger partial charge >= 0.3 is 0 Å². The van der Waals surface area contributed by atoms with E-state index in [2.05, 4.69) is 10.2 Å². The maximum atomic E-state index is 12.7. The number of ether oxygens (including phenoxy) is 2. The lowest BCUT2D eigenvalue weighted by Gasteiger charge is -2.30. The highest BCUT2D eigenvalue weighted by atomic mass is 35.5. The molecule has 0 unspecified atom stereocenters. The van der Waals surface area contributed by atoms with Crippen LogP contribution in [0.5, 0.6) is 11.5 Å². The summed E-state index contributed by atoms with van der Waals surface area (Å²) in [4.78, 5) is 26.6. The van der Waals surface area contributed by atoms with Crippen LogP contribution in [0.1, 0.15) is 42.1 Å². The van der Waals surface area contributed by atoms with Gasteiger partial charge in [-0.3, -0.25) is 9.59 Å². The van der Waals surface area contributed by atoms with Crippen molar-refractivity contribution in [1.82, 2.24) is 0 Å². The summed E-state index contributed by atoms with van der Waals surface area (Å²) in [7, 11) is 1.53. The zero-order valence-electron chi connectivity index (χ0n) is 18.3. The van der Waals surface area contributed by atoms with Gasteiger partial charge in [-0.1, -0.05) is 11.6 Å². The minimum atomic E-state index is -0.544. The molecule has 0 radical (unpaired) electrons. The zero-order chi connectivity index (χ0) is 23.1. The van der Waals surface area contributed by atoms with Crippen LogP contribution >= 0.6 is 11.6 Å². The highest BCUT2D eigenvalue weighted by molar-refractivity contribution is 6.32. The zero-order valence-corrected chi connectivity index (χ0v) is 19.1. The van der Waals surface area contributed by atoms with Crippen LogP contribution in [0, 0.1) is 0 Å². The van der Waals surface area contributed by atoms with E-state index in [9.17, 15) is 9.59 Å². The minimum Gasteiger partial charge on any atom is -0.493 e. The van der Waals surface area contributed by atoms with Crippen LogP contribution in [0.25, 0.3) is 6.08 Å². The number of benzene rings is 2. The summed E-state index contributed by atoms with van der Waals surface area (Å²) in [5.41, 5.74) is 7.90. The molecular formula is C24H28ClN3O4. The smallest absolute Gasteiger partial charge is 0.248 e. The topological polar surface area (TPSA) is 93.9 Å². The summed E-state index contributed by atoms with van der Waals surface area (Å²) >= 11 is 6.30. The Morgan fingerprint density at radius 3 is 2.59 bits per heavy atom. The molecule has 2 aromatic rings. The summed E-state index contributed by atoms with van der Waals surface area (Å²) in [6.45, 7) is 4.12. The monoisotopic (exact) mass is 457 g/mol. The Bertz CT molecular complexity index is 1020. The molecule has 0 spiro atoms. The SMILES string of the molecule is CCOc1c(Cl)cc(C=CC(=O)Nc2cc(C(N)=O)ccc2N2CCCCC2)cc1OC. The first-order chi connectivity index (χ1) is 15.4. The van der Waals surface area contributed by atoms with Crippen molar-refractivity contribution in [2.75, 3.05) is 37.0 Å². The lowest BCUT2D eigenvalue weighted by Crippen LogP contribution is -2.30. The van der Waals surface area contributed by atoms with Crippen molar-refractivity contribution in [2.45, 2.75) is 26.2 Å². The Morgan fingerprint density at radius 1 is 1.19 bits per heavy atom. The van der Waals surface area contributed by atoms with Crippen molar-refractivity contribution in [2.24, 2.45) is 5.73 Å². The van der Waals surface area contributed by atoms with E-state index in [4.69, 9.17) is 26.8 Å². The maximum Gasteiger partial charge on any atom is 0.248 e. The molecule has 2 amide bonds. The van der Waals surface area contributed by atoms with Crippen molar-refractivity contribution < 1.29 is 19.1 Å². The fourth-order valence-corrected chi connectivity index (χ4v) is 3.94. The van der Waals surface area contributed by atoms with Gasteiger partial charge in [0.2, 0.25) is 11.8 Å². The Labute approximate surface area is 193 Å². The van der Waals surface area contributed by atoms with Gasteiger partial charge in [-0.05, 0) is 68.2 Å². The molecule has 32 heavy (non-hydrogen) atoms. The second-order valence-electron chi connectivity index (χ2n) is 7.43. The van der Waals surface area contributed by atoms with Gasteiger partial charge in [-0.15, -0.1) is 0 Å². The molecule has 7 nitrogen and oxygen atoms in total. The quantitative estimate of drug-likeness (QED) is 0.569. The van der Waals surface area contributed by atoms with Gasteiger partial charge in [-0.25, -0.2) is 0 Å². The van der Waals surface area contributed by atoms with Crippen LogP contribution in [0.2, 0.25) is 5.02 Å². The van der Waals surface area contributed by atoms with Gasteiger partial charge in [0.1, 0.15) is 0 Å². The predicted molar refractivity (Wildman–Crippen MR) is 128 cm³/mol. The van der Waals surface area contributed by atoms with Crippen LogP contribution in [-0.4, -0.2) is 38.6 Å². The first-order valence-corrected chi connectivity index (χ1v) is 11.0. The number of hydrogen-bond donors (Lipinski definition) is 2. The van der Waals surface area contributed by atoms with Crippen molar-refractivity contribution in [3.63, 3.8) is 0 Å². The van der Waals surface area contributed by atoms with E-state index < -0.39 is 5.91 Å². The largest absolute Gasteiger partial charge is 0.493 e. The first-order valence-electron chi connectivity index (χ1n) is 10.6.